The average Bonchev–Trinajstić information content (AvgIpc) is 2.55. The van der Waals surface area contributed by atoms with Crippen LogP contribution in [0, 0.1) is 11.3 Å². The number of rotatable bonds is 2. The molecule has 22 heavy (non-hydrogen) atoms. The Bertz CT molecular complexity index is 707. The molecule has 0 aliphatic carbocycles. The zero-order valence-electron chi connectivity index (χ0n) is 11.9. The van der Waals surface area contributed by atoms with Gasteiger partial charge in [-0.2, -0.15) is 5.26 Å². The molecule has 5 heteroatoms. The molecule has 0 unspecified atom stereocenters. The highest BCUT2D eigenvalue weighted by Gasteiger charge is 2.25. The summed E-state index contributed by atoms with van der Waals surface area (Å²) in [6.45, 7) is 2.55. The van der Waals surface area contributed by atoms with Crippen LogP contribution in [-0.4, -0.2) is 19.6 Å². The van der Waals surface area contributed by atoms with Crippen LogP contribution < -0.4 is 10.2 Å². The van der Waals surface area contributed by atoms with Crippen molar-refractivity contribution in [1.29, 1.82) is 5.26 Å². The monoisotopic (exact) mass is 331 g/mol. The topological polar surface area (TPSA) is 39.1 Å². The van der Waals surface area contributed by atoms with Crippen LogP contribution in [0.25, 0.3) is 0 Å². The molecule has 1 N–H and O–H groups in total. The van der Waals surface area contributed by atoms with Gasteiger partial charge in [-0.1, -0.05) is 35.3 Å². The molecule has 1 fully saturated rings. The normalized spacial score (nSPS) is 18.0. The lowest BCUT2D eigenvalue weighted by atomic mass is 10.0. The number of benzene rings is 2. The summed E-state index contributed by atoms with van der Waals surface area (Å²) in [6.07, 6.45) is 0. The molecule has 0 spiro atoms. The lowest BCUT2D eigenvalue weighted by Gasteiger charge is -2.38. The number of nitrogens with one attached hydrogen (secondary N) is 1. The van der Waals surface area contributed by atoms with Crippen LogP contribution in [0.1, 0.15) is 17.2 Å². The summed E-state index contributed by atoms with van der Waals surface area (Å²) in [7, 11) is 0. The number of anilines is 1. The van der Waals surface area contributed by atoms with Crippen LogP contribution in [0.3, 0.4) is 0 Å². The predicted octanol–water partition coefficient (Wildman–Crippen LogP) is 4.02. The van der Waals surface area contributed by atoms with Crippen LogP contribution in [-0.2, 0) is 0 Å². The molecule has 3 rings (SSSR count). The molecule has 1 heterocycles. The van der Waals surface area contributed by atoms with Gasteiger partial charge in [-0.3, -0.25) is 0 Å². The zero-order valence-corrected chi connectivity index (χ0v) is 13.4. The van der Waals surface area contributed by atoms with Gasteiger partial charge in [-0.15, -0.1) is 0 Å². The summed E-state index contributed by atoms with van der Waals surface area (Å²) in [6, 6.07) is 15.8. The third-order valence-corrected chi connectivity index (χ3v) is 4.37. The first-order chi connectivity index (χ1) is 10.7. The number of nitrogens with zero attached hydrogens (tertiary/aromatic N) is 2. The Kier molecular flexibility index (Phi) is 4.54. The summed E-state index contributed by atoms with van der Waals surface area (Å²) < 4.78 is 0. The minimum Gasteiger partial charge on any atom is -0.361 e. The fourth-order valence-corrected chi connectivity index (χ4v) is 3.12. The van der Waals surface area contributed by atoms with Gasteiger partial charge >= 0.3 is 0 Å². The second kappa shape index (κ2) is 6.58. The highest BCUT2D eigenvalue weighted by Crippen LogP contribution is 2.32. The second-order valence-corrected chi connectivity index (χ2v) is 6.11. The number of hydrogen-bond donors (Lipinski definition) is 1. The predicted molar refractivity (Wildman–Crippen MR) is 90.6 cm³/mol. The minimum atomic E-state index is 0.166. The summed E-state index contributed by atoms with van der Waals surface area (Å²) in [4.78, 5) is 2.26. The van der Waals surface area contributed by atoms with E-state index in [0.29, 0.717) is 10.6 Å². The van der Waals surface area contributed by atoms with Crippen molar-refractivity contribution in [3.8, 4) is 6.07 Å². The molecule has 2 aromatic carbocycles. The molecule has 0 amide bonds. The molecule has 1 aliphatic heterocycles. The minimum absolute atomic E-state index is 0.166. The van der Waals surface area contributed by atoms with Crippen LogP contribution in [0.5, 0.6) is 0 Å². The zero-order chi connectivity index (χ0) is 15.5. The van der Waals surface area contributed by atoms with Crippen LogP contribution in [0.4, 0.5) is 5.69 Å². The van der Waals surface area contributed by atoms with E-state index < -0.39 is 0 Å². The quantitative estimate of drug-likeness (QED) is 0.903. The van der Waals surface area contributed by atoms with E-state index in [1.807, 2.05) is 36.4 Å². The van der Waals surface area contributed by atoms with E-state index in [0.717, 1.165) is 30.3 Å². The maximum atomic E-state index is 9.40. The summed E-state index contributed by atoms with van der Waals surface area (Å²) in [5, 5.41) is 14.1. The standard InChI is InChI=1S/C17H15Cl2N3/c18-14-3-1-12(2-4-14)17-11-21-7-8-22(17)16-6-5-15(19)9-13(16)10-20/h1-6,9,17,21H,7-8,11H2/t17-/m0/s1. The Morgan fingerprint density at radius 1 is 1.09 bits per heavy atom. The van der Waals surface area contributed by atoms with Crippen molar-refractivity contribution in [2.24, 2.45) is 0 Å². The van der Waals surface area contributed by atoms with E-state index >= 15 is 0 Å². The SMILES string of the molecule is N#Cc1cc(Cl)ccc1N1CCNC[C@H]1c1ccc(Cl)cc1. The fourth-order valence-electron chi connectivity index (χ4n) is 2.82. The first-order valence-corrected chi connectivity index (χ1v) is 7.87. The van der Waals surface area contributed by atoms with E-state index in [2.05, 4.69) is 16.3 Å². The Hall–Kier alpha value is -1.73. The maximum absolute atomic E-state index is 9.40. The second-order valence-electron chi connectivity index (χ2n) is 5.24. The van der Waals surface area contributed by atoms with Gasteiger partial charge in [0.2, 0.25) is 0 Å². The van der Waals surface area contributed by atoms with Gasteiger partial charge in [0.15, 0.2) is 0 Å². The molecular formula is C17H15Cl2N3. The summed E-state index contributed by atoms with van der Waals surface area (Å²) in [5.74, 6) is 0. The van der Waals surface area contributed by atoms with Gasteiger partial charge in [0, 0.05) is 29.7 Å². The fraction of sp³-hybridized carbons (Fsp3) is 0.235. The summed E-state index contributed by atoms with van der Waals surface area (Å²) >= 11 is 12.0. The molecule has 0 aromatic heterocycles. The van der Waals surface area contributed by atoms with Gasteiger partial charge in [-0.05, 0) is 35.9 Å². The van der Waals surface area contributed by atoms with Crippen molar-refractivity contribution < 1.29 is 0 Å². The maximum Gasteiger partial charge on any atom is 0.101 e. The smallest absolute Gasteiger partial charge is 0.101 e. The summed E-state index contributed by atoms with van der Waals surface area (Å²) in [5.41, 5.74) is 2.71. The molecular weight excluding hydrogens is 317 g/mol. The Balaban J connectivity index is 2.00. The van der Waals surface area contributed by atoms with Crippen molar-refractivity contribution >= 4 is 28.9 Å². The highest BCUT2D eigenvalue weighted by molar-refractivity contribution is 6.31. The molecule has 1 saturated heterocycles. The van der Waals surface area contributed by atoms with Gasteiger partial charge in [0.05, 0.1) is 17.3 Å². The van der Waals surface area contributed by atoms with E-state index in [9.17, 15) is 5.26 Å². The van der Waals surface area contributed by atoms with Crippen molar-refractivity contribution in [2.75, 3.05) is 24.5 Å². The average molecular weight is 332 g/mol. The van der Waals surface area contributed by atoms with Crippen LogP contribution in [0.2, 0.25) is 10.0 Å². The van der Waals surface area contributed by atoms with Gasteiger partial charge in [0.1, 0.15) is 6.07 Å². The van der Waals surface area contributed by atoms with Gasteiger partial charge in [0.25, 0.3) is 0 Å². The third-order valence-electron chi connectivity index (χ3n) is 3.89. The van der Waals surface area contributed by atoms with Gasteiger partial charge < -0.3 is 10.2 Å². The Morgan fingerprint density at radius 3 is 2.55 bits per heavy atom. The molecule has 0 saturated carbocycles. The van der Waals surface area contributed by atoms with Crippen molar-refractivity contribution in [1.82, 2.24) is 5.32 Å². The van der Waals surface area contributed by atoms with E-state index in [-0.39, 0.29) is 6.04 Å². The van der Waals surface area contributed by atoms with Gasteiger partial charge in [-0.25, -0.2) is 0 Å². The molecule has 1 atom stereocenters. The molecule has 2 aromatic rings. The number of halogens is 2. The number of piperazine rings is 1. The van der Waals surface area contributed by atoms with E-state index in [1.54, 1.807) is 6.07 Å². The largest absolute Gasteiger partial charge is 0.361 e. The third kappa shape index (κ3) is 3.05. The van der Waals surface area contributed by atoms with E-state index in [4.69, 9.17) is 23.2 Å². The molecule has 0 radical (unpaired) electrons. The van der Waals surface area contributed by atoms with E-state index in [1.165, 1.54) is 5.56 Å². The Labute approximate surface area is 140 Å². The number of hydrogen-bond acceptors (Lipinski definition) is 3. The van der Waals surface area contributed by atoms with Crippen molar-refractivity contribution in [3.63, 3.8) is 0 Å². The van der Waals surface area contributed by atoms with Crippen molar-refractivity contribution in [3.05, 3.63) is 63.6 Å². The Morgan fingerprint density at radius 2 is 1.82 bits per heavy atom. The lowest BCUT2D eigenvalue weighted by Crippen LogP contribution is -2.46. The first kappa shape index (κ1) is 15.2. The first-order valence-electron chi connectivity index (χ1n) is 7.11. The number of nitriles is 1. The van der Waals surface area contributed by atoms with Crippen LogP contribution >= 0.6 is 23.2 Å². The molecule has 0 bridgehead atoms. The van der Waals surface area contributed by atoms with Crippen molar-refractivity contribution in [2.45, 2.75) is 6.04 Å². The molecule has 112 valence electrons. The molecule has 3 nitrogen and oxygen atoms in total. The lowest BCUT2D eigenvalue weighted by molar-refractivity contribution is 0.489. The highest BCUT2D eigenvalue weighted by atomic mass is 35.5. The molecule has 1 aliphatic rings. The van der Waals surface area contributed by atoms with Crippen LogP contribution in [0.15, 0.2) is 42.5 Å².